The van der Waals surface area contributed by atoms with Gasteiger partial charge in [-0.2, -0.15) is 0 Å². The van der Waals surface area contributed by atoms with E-state index in [1.54, 1.807) is 7.11 Å². The predicted molar refractivity (Wildman–Crippen MR) is 69.1 cm³/mol. The number of rotatable bonds is 3. The lowest BCUT2D eigenvalue weighted by Crippen LogP contribution is -2.39. The number of ether oxygens (including phenoxy) is 1. The second kappa shape index (κ2) is 5.47. The molecule has 1 fully saturated rings. The molecule has 94 valence electrons. The van der Waals surface area contributed by atoms with Crippen LogP contribution in [0.4, 0.5) is 5.82 Å². The van der Waals surface area contributed by atoms with E-state index < -0.39 is 0 Å². The Bertz CT molecular complexity index is 381. The Hall–Kier alpha value is -1.13. The standard InChI is InChI=1S/C13H21N3O/c1-10-11(8-14)5-6-13(15-10)16-7-3-4-12(9-16)17-2/h5-6,12H,3-4,7-9,14H2,1-2H3. The average Bonchev–Trinajstić information content (AvgIpc) is 2.38. The van der Waals surface area contributed by atoms with Crippen molar-refractivity contribution >= 4 is 5.82 Å². The molecule has 1 aromatic heterocycles. The van der Waals surface area contributed by atoms with Crippen molar-refractivity contribution in [3.05, 3.63) is 23.4 Å². The summed E-state index contributed by atoms with van der Waals surface area (Å²) in [6.45, 7) is 4.57. The van der Waals surface area contributed by atoms with Crippen LogP contribution in [-0.4, -0.2) is 31.3 Å². The van der Waals surface area contributed by atoms with Crippen LogP contribution in [0, 0.1) is 6.92 Å². The molecule has 0 saturated carbocycles. The molecule has 0 aliphatic carbocycles. The van der Waals surface area contributed by atoms with Gasteiger partial charge in [-0.1, -0.05) is 6.07 Å². The minimum absolute atomic E-state index is 0.333. The SMILES string of the molecule is COC1CCCN(c2ccc(CN)c(C)n2)C1. The molecule has 1 aliphatic rings. The maximum absolute atomic E-state index is 5.65. The van der Waals surface area contributed by atoms with Crippen LogP contribution in [0.5, 0.6) is 0 Å². The van der Waals surface area contributed by atoms with Gasteiger partial charge in [0.2, 0.25) is 0 Å². The highest BCUT2D eigenvalue weighted by Crippen LogP contribution is 2.20. The van der Waals surface area contributed by atoms with E-state index >= 15 is 0 Å². The Labute approximate surface area is 103 Å². The van der Waals surface area contributed by atoms with E-state index in [-0.39, 0.29) is 0 Å². The third-order valence-corrected chi connectivity index (χ3v) is 3.44. The van der Waals surface area contributed by atoms with Gasteiger partial charge in [-0.3, -0.25) is 0 Å². The van der Waals surface area contributed by atoms with Gasteiger partial charge < -0.3 is 15.4 Å². The minimum Gasteiger partial charge on any atom is -0.380 e. The van der Waals surface area contributed by atoms with Crippen molar-refractivity contribution in [1.82, 2.24) is 4.98 Å². The molecule has 0 bridgehead atoms. The summed E-state index contributed by atoms with van der Waals surface area (Å²) < 4.78 is 5.43. The van der Waals surface area contributed by atoms with E-state index in [4.69, 9.17) is 10.5 Å². The molecule has 1 unspecified atom stereocenters. The monoisotopic (exact) mass is 235 g/mol. The average molecular weight is 235 g/mol. The second-order valence-electron chi connectivity index (χ2n) is 4.56. The largest absolute Gasteiger partial charge is 0.380 e. The van der Waals surface area contributed by atoms with Crippen molar-refractivity contribution in [1.29, 1.82) is 0 Å². The zero-order chi connectivity index (χ0) is 12.3. The molecule has 4 heteroatoms. The summed E-state index contributed by atoms with van der Waals surface area (Å²) in [6.07, 6.45) is 2.64. The van der Waals surface area contributed by atoms with Crippen molar-refractivity contribution in [3.8, 4) is 0 Å². The third-order valence-electron chi connectivity index (χ3n) is 3.44. The van der Waals surface area contributed by atoms with Crippen molar-refractivity contribution < 1.29 is 4.74 Å². The number of hydrogen-bond acceptors (Lipinski definition) is 4. The van der Waals surface area contributed by atoms with Crippen molar-refractivity contribution in [2.24, 2.45) is 5.73 Å². The van der Waals surface area contributed by atoms with Crippen LogP contribution >= 0.6 is 0 Å². The van der Waals surface area contributed by atoms with Crippen LogP contribution in [0.25, 0.3) is 0 Å². The summed E-state index contributed by atoms with van der Waals surface area (Å²) >= 11 is 0. The number of aryl methyl sites for hydroxylation is 1. The molecule has 1 aromatic rings. The van der Waals surface area contributed by atoms with E-state index in [0.717, 1.165) is 43.0 Å². The molecule has 2 heterocycles. The molecule has 2 N–H and O–H groups in total. The summed E-state index contributed by atoms with van der Waals surface area (Å²) in [5.41, 5.74) is 7.80. The Morgan fingerprint density at radius 1 is 1.53 bits per heavy atom. The molecule has 0 amide bonds. The number of nitrogens with two attached hydrogens (primary N) is 1. The van der Waals surface area contributed by atoms with Gasteiger partial charge >= 0.3 is 0 Å². The zero-order valence-electron chi connectivity index (χ0n) is 10.6. The first kappa shape index (κ1) is 12.3. The number of hydrogen-bond donors (Lipinski definition) is 1. The summed E-state index contributed by atoms with van der Waals surface area (Å²) in [6, 6.07) is 4.14. The molecule has 17 heavy (non-hydrogen) atoms. The van der Waals surface area contributed by atoms with Crippen molar-refractivity contribution in [3.63, 3.8) is 0 Å². The fraction of sp³-hybridized carbons (Fsp3) is 0.615. The Morgan fingerprint density at radius 2 is 2.35 bits per heavy atom. The Balaban J connectivity index is 2.13. The van der Waals surface area contributed by atoms with Gasteiger partial charge in [0.25, 0.3) is 0 Å². The summed E-state index contributed by atoms with van der Waals surface area (Å²) in [5, 5.41) is 0. The van der Waals surface area contributed by atoms with Gasteiger partial charge in [0, 0.05) is 32.4 Å². The first-order valence-electron chi connectivity index (χ1n) is 6.19. The number of pyridine rings is 1. The first-order valence-corrected chi connectivity index (χ1v) is 6.19. The molecule has 1 atom stereocenters. The number of piperidine rings is 1. The fourth-order valence-electron chi connectivity index (χ4n) is 2.31. The number of aromatic nitrogens is 1. The highest BCUT2D eigenvalue weighted by molar-refractivity contribution is 5.42. The lowest BCUT2D eigenvalue weighted by Gasteiger charge is -2.33. The first-order chi connectivity index (χ1) is 8.24. The number of nitrogens with zero attached hydrogens (tertiary/aromatic N) is 2. The zero-order valence-corrected chi connectivity index (χ0v) is 10.6. The van der Waals surface area contributed by atoms with Crippen LogP contribution in [0.15, 0.2) is 12.1 Å². The van der Waals surface area contributed by atoms with E-state index in [9.17, 15) is 0 Å². The fourth-order valence-corrected chi connectivity index (χ4v) is 2.31. The number of methoxy groups -OCH3 is 1. The minimum atomic E-state index is 0.333. The lowest BCUT2D eigenvalue weighted by atomic mass is 10.1. The third kappa shape index (κ3) is 2.76. The maximum atomic E-state index is 5.65. The molecule has 0 radical (unpaired) electrons. The van der Waals surface area contributed by atoms with Crippen LogP contribution in [0.1, 0.15) is 24.1 Å². The van der Waals surface area contributed by atoms with Gasteiger partial charge in [0.15, 0.2) is 0 Å². The number of anilines is 1. The molecule has 0 spiro atoms. The molecule has 0 aromatic carbocycles. The Morgan fingerprint density at radius 3 is 3.00 bits per heavy atom. The van der Waals surface area contributed by atoms with E-state index in [1.165, 1.54) is 0 Å². The molecular weight excluding hydrogens is 214 g/mol. The van der Waals surface area contributed by atoms with Crippen molar-refractivity contribution in [2.45, 2.75) is 32.4 Å². The maximum Gasteiger partial charge on any atom is 0.128 e. The highest BCUT2D eigenvalue weighted by Gasteiger charge is 2.20. The molecule has 1 saturated heterocycles. The highest BCUT2D eigenvalue weighted by atomic mass is 16.5. The summed E-state index contributed by atoms with van der Waals surface area (Å²) in [5.74, 6) is 1.04. The van der Waals surface area contributed by atoms with E-state index in [2.05, 4.69) is 22.0 Å². The van der Waals surface area contributed by atoms with E-state index in [1.807, 2.05) is 6.92 Å². The van der Waals surface area contributed by atoms with Gasteiger partial charge in [0.05, 0.1) is 6.10 Å². The quantitative estimate of drug-likeness (QED) is 0.862. The van der Waals surface area contributed by atoms with Crippen LogP contribution in [-0.2, 0) is 11.3 Å². The van der Waals surface area contributed by atoms with Gasteiger partial charge in [-0.05, 0) is 31.4 Å². The van der Waals surface area contributed by atoms with Gasteiger partial charge in [0.1, 0.15) is 5.82 Å². The topological polar surface area (TPSA) is 51.4 Å². The molecular formula is C13H21N3O. The predicted octanol–water partition coefficient (Wildman–Crippen LogP) is 1.46. The van der Waals surface area contributed by atoms with Crippen LogP contribution < -0.4 is 10.6 Å². The Kier molecular flexibility index (Phi) is 3.97. The summed E-state index contributed by atoms with van der Waals surface area (Å²) in [7, 11) is 1.78. The normalized spacial score (nSPS) is 20.6. The second-order valence-corrected chi connectivity index (χ2v) is 4.56. The lowest BCUT2D eigenvalue weighted by molar-refractivity contribution is 0.0891. The smallest absolute Gasteiger partial charge is 0.128 e. The molecule has 1 aliphatic heterocycles. The molecule has 2 rings (SSSR count). The van der Waals surface area contributed by atoms with Gasteiger partial charge in [-0.15, -0.1) is 0 Å². The van der Waals surface area contributed by atoms with Crippen molar-refractivity contribution in [2.75, 3.05) is 25.1 Å². The van der Waals surface area contributed by atoms with Crippen LogP contribution in [0.2, 0.25) is 0 Å². The van der Waals surface area contributed by atoms with Gasteiger partial charge in [-0.25, -0.2) is 4.98 Å². The van der Waals surface area contributed by atoms with Crippen LogP contribution in [0.3, 0.4) is 0 Å². The summed E-state index contributed by atoms with van der Waals surface area (Å²) in [4.78, 5) is 6.92. The van der Waals surface area contributed by atoms with E-state index in [0.29, 0.717) is 12.6 Å². The molecule has 4 nitrogen and oxygen atoms in total.